The molecule has 3 aromatic rings. The van der Waals surface area contributed by atoms with Crippen LogP contribution in [0.25, 0.3) is 5.69 Å². The van der Waals surface area contributed by atoms with E-state index in [0.29, 0.717) is 29.7 Å². The van der Waals surface area contributed by atoms with Crippen molar-refractivity contribution < 1.29 is 28.2 Å². The number of piperidine rings is 1. The third-order valence-corrected chi connectivity index (χ3v) is 6.23. The Morgan fingerprint density at radius 3 is 2.35 bits per heavy atom. The number of halogens is 3. The average Bonchev–Trinajstić information content (AvgIpc) is 3.06. The van der Waals surface area contributed by atoms with Crippen molar-refractivity contribution in [2.75, 3.05) is 6.54 Å². The zero-order chi connectivity index (χ0) is 21.9. The predicted molar refractivity (Wildman–Crippen MR) is 106 cm³/mol. The van der Waals surface area contributed by atoms with E-state index < -0.39 is 17.8 Å². The van der Waals surface area contributed by atoms with Gasteiger partial charge in [0.05, 0.1) is 17.3 Å². The number of benzene rings is 2. The molecule has 31 heavy (non-hydrogen) atoms. The van der Waals surface area contributed by atoms with Crippen molar-refractivity contribution in [1.29, 1.82) is 0 Å². The zero-order valence-electron chi connectivity index (χ0n) is 16.3. The highest BCUT2D eigenvalue weighted by molar-refractivity contribution is 5.95. The number of carbonyl (C=O) groups excluding carboxylic acids is 1. The predicted octanol–water partition coefficient (Wildman–Crippen LogP) is 4.98. The number of carbonyl (C=O) groups is 1. The molecule has 160 valence electrons. The van der Waals surface area contributed by atoms with Crippen LogP contribution in [0.2, 0.25) is 0 Å². The molecule has 8 heteroatoms. The monoisotopic (exact) mass is 428 g/mol. The summed E-state index contributed by atoms with van der Waals surface area (Å²) in [6.07, 6.45) is -3.22. The number of hydrogen-bond donors (Lipinski definition) is 2. The van der Waals surface area contributed by atoms with Crippen molar-refractivity contribution >= 4 is 5.91 Å². The number of rotatable bonds is 2. The van der Waals surface area contributed by atoms with Crippen LogP contribution < -0.4 is 0 Å². The van der Waals surface area contributed by atoms with E-state index in [9.17, 15) is 28.2 Å². The molecule has 1 aromatic heterocycles. The molecular formula is C23H19F3N2O3. The molecular weight excluding hydrogens is 409 g/mol. The van der Waals surface area contributed by atoms with Crippen LogP contribution in [0.3, 0.4) is 0 Å². The summed E-state index contributed by atoms with van der Waals surface area (Å²) >= 11 is 0. The summed E-state index contributed by atoms with van der Waals surface area (Å²) in [5.74, 6) is -0.974. The van der Waals surface area contributed by atoms with Gasteiger partial charge in [0, 0.05) is 29.2 Å². The third kappa shape index (κ3) is 2.97. The Kier molecular flexibility index (Phi) is 4.28. The molecule has 0 spiro atoms. The van der Waals surface area contributed by atoms with Crippen molar-refractivity contribution in [2.24, 2.45) is 0 Å². The van der Waals surface area contributed by atoms with Crippen LogP contribution in [-0.2, 0) is 6.18 Å². The zero-order valence-corrected chi connectivity index (χ0v) is 16.3. The molecule has 3 aliphatic rings. The Hall–Kier alpha value is -3.42. The van der Waals surface area contributed by atoms with Crippen LogP contribution in [0.4, 0.5) is 13.2 Å². The highest BCUT2D eigenvalue weighted by Gasteiger charge is 2.46. The molecule has 2 N–H and O–H groups in total. The van der Waals surface area contributed by atoms with Gasteiger partial charge in [0.1, 0.15) is 0 Å². The molecule has 0 radical (unpaired) electrons. The molecule has 1 saturated heterocycles. The van der Waals surface area contributed by atoms with Crippen LogP contribution in [-0.4, -0.2) is 32.1 Å². The number of nitrogens with zero attached hydrogens (tertiary/aromatic N) is 2. The summed E-state index contributed by atoms with van der Waals surface area (Å²) in [4.78, 5) is 14.8. The fraction of sp³-hybridized carbons (Fsp3) is 0.261. The van der Waals surface area contributed by atoms with E-state index in [1.165, 1.54) is 12.1 Å². The van der Waals surface area contributed by atoms with E-state index in [0.717, 1.165) is 23.1 Å². The Morgan fingerprint density at radius 2 is 1.65 bits per heavy atom. The number of aromatic hydroxyl groups is 2. The molecule has 1 amide bonds. The Balaban J connectivity index is 1.60. The lowest BCUT2D eigenvalue weighted by atomic mass is 9.76. The van der Waals surface area contributed by atoms with Gasteiger partial charge in [0.15, 0.2) is 0 Å². The first-order chi connectivity index (χ1) is 14.8. The second kappa shape index (κ2) is 6.80. The largest absolute Gasteiger partial charge is 0.494 e. The summed E-state index contributed by atoms with van der Waals surface area (Å²) < 4.78 is 40.5. The molecule has 5 nitrogen and oxygen atoms in total. The van der Waals surface area contributed by atoms with E-state index in [1.54, 1.807) is 29.2 Å². The number of alkyl halides is 3. The fourth-order valence-electron chi connectivity index (χ4n) is 4.86. The maximum atomic E-state index is 13.2. The van der Waals surface area contributed by atoms with Gasteiger partial charge in [0.2, 0.25) is 11.8 Å². The normalized spacial score (nSPS) is 20.0. The molecule has 3 heterocycles. The van der Waals surface area contributed by atoms with Crippen LogP contribution in [0.5, 0.6) is 11.8 Å². The van der Waals surface area contributed by atoms with Gasteiger partial charge < -0.3 is 15.1 Å². The van der Waals surface area contributed by atoms with Gasteiger partial charge in [-0.3, -0.25) is 9.36 Å². The molecule has 1 fully saturated rings. The lowest BCUT2D eigenvalue weighted by Gasteiger charge is -2.45. The maximum absolute atomic E-state index is 13.2. The van der Waals surface area contributed by atoms with E-state index in [-0.39, 0.29) is 29.3 Å². The highest BCUT2D eigenvalue weighted by Crippen LogP contribution is 2.55. The number of amides is 1. The maximum Gasteiger partial charge on any atom is 0.416 e. The lowest BCUT2D eigenvalue weighted by molar-refractivity contribution is -0.137. The van der Waals surface area contributed by atoms with E-state index in [4.69, 9.17) is 0 Å². The van der Waals surface area contributed by atoms with Crippen LogP contribution in [0, 0.1) is 0 Å². The minimum atomic E-state index is -4.55. The molecule has 2 atom stereocenters. The molecule has 0 saturated carbocycles. The summed E-state index contributed by atoms with van der Waals surface area (Å²) in [5, 5.41) is 21.9. The SMILES string of the molecule is O=C(c1ccccc1)N1C[C@@H]2CC[C@H]1c1c2c(O)n(-c2cccc(C(F)(F)F)c2)c1O. The standard InChI is InChI=1S/C23H19F3N2O3/c24-23(25,26)15-7-4-8-16(11-15)28-21(30)18-14-9-10-17(19(18)22(28)31)27(12-14)20(29)13-5-2-1-3-6-13/h1-8,11,14,17,30-31H,9-10,12H2/t14-,17-/m0/s1. The first kappa shape index (κ1) is 19.5. The van der Waals surface area contributed by atoms with Gasteiger partial charge in [-0.1, -0.05) is 24.3 Å². The van der Waals surface area contributed by atoms with Gasteiger partial charge >= 0.3 is 6.18 Å². The van der Waals surface area contributed by atoms with Crippen molar-refractivity contribution in [1.82, 2.24) is 9.47 Å². The Labute approximate surface area is 176 Å². The second-order valence-electron chi connectivity index (χ2n) is 7.97. The molecule has 2 aliphatic heterocycles. The highest BCUT2D eigenvalue weighted by atomic mass is 19.4. The number of fused-ring (bicyclic) bond motifs is 2. The molecule has 2 bridgehead atoms. The van der Waals surface area contributed by atoms with E-state index in [2.05, 4.69) is 0 Å². The quantitative estimate of drug-likeness (QED) is 0.605. The van der Waals surface area contributed by atoms with Gasteiger partial charge in [0.25, 0.3) is 5.91 Å². The van der Waals surface area contributed by atoms with Crippen LogP contribution in [0.15, 0.2) is 54.6 Å². The van der Waals surface area contributed by atoms with E-state index >= 15 is 0 Å². The second-order valence-corrected chi connectivity index (χ2v) is 7.97. The van der Waals surface area contributed by atoms with Crippen molar-refractivity contribution in [3.05, 3.63) is 76.9 Å². The number of hydrogen-bond acceptors (Lipinski definition) is 3. The van der Waals surface area contributed by atoms with Gasteiger partial charge in [-0.15, -0.1) is 0 Å². The number of aromatic nitrogens is 1. The first-order valence-electron chi connectivity index (χ1n) is 9.97. The molecule has 0 unspecified atom stereocenters. The van der Waals surface area contributed by atoms with Crippen LogP contribution >= 0.6 is 0 Å². The molecule has 1 aliphatic carbocycles. The fourth-order valence-corrected chi connectivity index (χ4v) is 4.86. The smallest absolute Gasteiger partial charge is 0.416 e. The van der Waals surface area contributed by atoms with Crippen molar-refractivity contribution in [3.63, 3.8) is 0 Å². The van der Waals surface area contributed by atoms with Crippen LogP contribution in [0.1, 0.15) is 51.8 Å². The van der Waals surface area contributed by atoms with Gasteiger partial charge in [-0.25, -0.2) is 0 Å². The molecule has 6 rings (SSSR count). The van der Waals surface area contributed by atoms with Gasteiger partial charge in [-0.05, 0) is 43.2 Å². The Morgan fingerprint density at radius 1 is 0.935 bits per heavy atom. The average molecular weight is 428 g/mol. The summed E-state index contributed by atoms with van der Waals surface area (Å²) in [5.41, 5.74) is 0.599. The minimum Gasteiger partial charge on any atom is -0.494 e. The summed E-state index contributed by atoms with van der Waals surface area (Å²) in [6.45, 7) is 0.380. The van der Waals surface area contributed by atoms with Crippen molar-refractivity contribution in [3.8, 4) is 17.4 Å². The summed E-state index contributed by atoms with van der Waals surface area (Å²) in [6, 6.07) is 12.8. The van der Waals surface area contributed by atoms with E-state index in [1.807, 2.05) is 6.07 Å². The topological polar surface area (TPSA) is 65.7 Å². The summed E-state index contributed by atoms with van der Waals surface area (Å²) in [7, 11) is 0. The third-order valence-electron chi connectivity index (χ3n) is 6.23. The van der Waals surface area contributed by atoms with Crippen molar-refractivity contribution in [2.45, 2.75) is 31.0 Å². The molecule has 2 aromatic carbocycles. The minimum absolute atomic E-state index is 0.0135. The van der Waals surface area contributed by atoms with Gasteiger partial charge in [-0.2, -0.15) is 13.2 Å². The first-order valence-corrected chi connectivity index (χ1v) is 9.97. The Bertz CT molecular complexity index is 1170. The lowest BCUT2D eigenvalue weighted by Crippen LogP contribution is -2.45.